The Morgan fingerprint density at radius 2 is 1.75 bits per heavy atom. The summed E-state index contributed by atoms with van der Waals surface area (Å²) >= 11 is 15.7. The molecule has 0 aliphatic rings. The quantitative estimate of drug-likeness (QED) is 0.442. The Morgan fingerprint density at radius 3 is 2.31 bits per heavy atom. The summed E-state index contributed by atoms with van der Waals surface area (Å²) in [7, 11) is 0. The topological polar surface area (TPSA) is 58.6 Å². The minimum absolute atomic E-state index is 0.188. The Bertz CT molecular complexity index is 976. The molecule has 1 N–H and O–H groups in total. The van der Waals surface area contributed by atoms with Crippen LogP contribution in [0.15, 0.2) is 40.9 Å². The van der Waals surface area contributed by atoms with E-state index in [4.69, 9.17) is 27.9 Å². The van der Waals surface area contributed by atoms with Gasteiger partial charge in [-0.15, -0.1) is 0 Å². The van der Waals surface area contributed by atoms with Gasteiger partial charge in [0, 0.05) is 12.1 Å². The van der Waals surface area contributed by atoms with Crippen LogP contribution < -0.4 is 10.1 Å². The number of aryl methyl sites for hydroxylation is 1. The summed E-state index contributed by atoms with van der Waals surface area (Å²) in [6.07, 6.45) is 0.898. The molecule has 32 heavy (non-hydrogen) atoms. The lowest BCUT2D eigenvalue weighted by atomic mass is 10.1. The average molecular weight is 544 g/mol. The Labute approximate surface area is 208 Å². The summed E-state index contributed by atoms with van der Waals surface area (Å²) in [6.45, 7) is 9.42. The summed E-state index contributed by atoms with van der Waals surface area (Å²) in [5.74, 6) is -0.00433. The van der Waals surface area contributed by atoms with Gasteiger partial charge < -0.3 is 15.0 Å². The van der Waals surface area contributed by atoms with Crippen LogP contribution in [-0.4, -0.2) is 34.9 Å². The number of nitrogens with one attached hydrogen (secondary N) is 1. The Balaban J connectivity index is 2.22. The molecule has 0 fully saturated rings. The molecule has 0 saturated heterocycles. The minimum atomic E-state index is -0.717. The molecule has 0 aromatic heterocycles. The highest BCUT2D eigenvalue weighted by Crippen LogP contribution is 2.27. The SMILES string of the molecule is CCc1ccc(OCC(=O)N(Cc2ccc(Cl)c(Cl)c2)[C@@H](C)C(=O)NC(C)(C)C)c(Br)c1. The number of benzene rings is 2. The van der Waals surface area contributed by atoms with Crippen LogP contribution in [0.25, 0.3) is 0 Å². The molecule has 0 spiro atoms. The number of carbonyl (C=O) groups is 2. The number of hydrogen-bond donors (Lipinski definition) is 1. The van der Waals surface area contributed by atoms with Crippen LogP contribution in [0.3, 0.4) is 0 Å². The normalized spacial score (nSPS) is 12.2. The second-order valence-electron chi connectivity index (χ2n) is 8.59. The van der Waals surface area contributed by atoms with Crippen LogP contribution in [0.1, 0.15) is 45.7 Å². The van der Waals surface area contributed by atoms with Crippen LogP contribution in [0.4, 0.5) is 0 Å². The number of ether oxygens (including phenoxy) is 1. The monoisotopic (exact) mass is 542 g/mol. The van der Waals surface area contributed by atoms with Crippen LogP contribution in [0.5, 0.6) is 5.75 Å². The zero-order valence-electron chi connectivity index (χ0n) is 19.0. The second kappa shape index (κ2) is 11.4. The Morgan fingerprint density at radius 1 is 1.09 bits per heavy atom. The smallest absolute Gasteiger partial charge is 0.261 e. The van der Waals surface area contributed by atoms with Crippen LogP contribution >= 0.6 is 39.1 Å². The van der Waals surface area contributed by atoms with Gasteiger partial charge in [-0.05, 0) is 85.4 Å². The number of carbonyl (C=O) groups excluding carboxylic acids is 2. The molecule has 1 atom stereocenters. The van der Waals surface area contributed by atoms with E-state index >= 15 is 0 Å². The molecule has 0 bridgehead atoms. The van der Waals surface area contributed by atoms with E-state index in [0.29, 0.717) is 15.8 Å². The van der Waals surface area contributed by atoms with E-state index in [1.54, 1.807) is 25.1 Å². The first-order valence-corrected chi connectivity index (χ1v) is 11.9. The molecule has 174 valence electrons. The maximum absolute atomic E-state index is 13.2. The summed E-state index contributed by atoms with van der Waals surface area (Å²) in [6, 6.07) is 10.2. The zero-order chi connectivity index (χ0) is 24.1. The van der Waals surface area contributed by atoms with Gasteiger partial charge in [-0.3, -0.25) is 9.59 Å². The maximum atomic E-state index is 13.2. The average Bonchev–Trinajstić information content (AvgIpc) is 2.71. The Hall–Kier alpha value is -1.76. The molecule has 2 aromatic rings. The fourth-order valence-corrected chi connectivity index (χ4v) is 3.86. The summed E-state index contributed by atoms with van der Waals surface area (Å²) in [4.78, 5) is 27.5. The van der Waals surface area contributed by atoms with Crippen LogP contribution in [0, 0.1) is 0 Å². The first-order valence-electron chi connectivity index (χ1n) is 10.4. The van der Waals surface area contributed by atoms with E-state index in [-0.39, 0.29) is 25.0 Å². The predicted octanol–water partition coefficient (Wildman–Crippen LogP) is 6.03. The van der Waals surface area contributed by atoms with Gasteiger partial charge in [0.15, 0.2) is 6.61 Å². The standard InChI is InChI=1S/C24H29BrCl2N2O3/c1-6-16-8-10-21(18(25)11-16)32-14-22(30)29(15(2)23(31)28-24(3,4)5)13-17-7-9-19(26)20(27)12-17/h7-12,15H,6,13-14H2,1-5H3,(H,28,31)/t15-/m0/s1. The van der Waals surface area contributed by atoms with Gasteiger partial charge in [0.25, 0.3) is 5.91 Å². The van der Waals surface area contributed by atoms with Crippen molar-refractivity contribution in [2.45, 2.75) is 59.2 Å². The van der Waals surface area contributed by atoms with Crippen LogP contribution in [0.2, 0.25) is 10.0 Å². The minimum Gasteiger partial charge on any atom is -0.483 e. The summed E-state index contributed by atoms with van der Waals surface area (Å²) < 4.78 is 6.55. The van der Waals surface area contributed by atoms with Gasteiger partial charge in [-0.1, -0.05) is 42.3 Å². The third kappa shape index (κ3) is 7.68. The van der Waals surface area contributed by atoms with Crippen molar-refractivity contribution >= 4 is 50.9 Å². The number of halogens is 3. The van der Waals surface area contributed by atoms with Crippen molar-refractivity contribution < 1.29 is 14.3 Å². The highest BCUT2D eigenvalue weighted by molar-refractivity contribution is 9.10. The van der Waals surface area contributed by atoms with Gasteiger partial charge in [0.1, 0.15) is 11.8 Å². The fourth-order valence-electron chi connectivity index (χ4n) is 3.00. The number of nitrogens with zero attached hydrogens (tertiary/aromatic N) is 1. The van der Waals surface area contributed by atoms with Crippen molar-refractivity contribution in [3.63, 3.8) is 0 Å². The molecule has 0 saturated carbocycles. The van der Waals surface area contributed by atoms with Crippen molar-refractivity contribution in [3.05, 3.63) is 62.0 Å². The van der Waals surface area contributed by atoms with Gasteiger partial charge in [-0.2, -0.15) is 0 Å². The lowest BCUT2D eigenvalue weighted by Gasteiger charge is -2.31. The molecule has 0 unspecified atom stereocenters. The third-order valence-electron chi connectivity index (χ3n) is 4.76. The number of rotatable bonds is 8. The van der Waals surface area contributed by atoms with Gasteiger partial charge in [0.2, 0.25) is 5.91 Å². The van der Waals surface area contributed by atoms with Crippen molar-refractivity contribution in [1.29, 1.82) is 0 Å². The van der Waals surface area contributed by atoms with Crippen molar-refractivity contribution in [2.75, 3.05) is 6.61 Å². The van der Waals surface area contributed by atoms with E-state index in [9.17, 15) is 9.59 Å². The summed E-state index contributed by atoms with van der Waals surface area (Å²) in [5.41, 5.74) is 1.49. The van der Waals surface area contributed by atoms with Gasteiger partial charge >= 0.3 is 0 Å². The fraction of sp³-hybridized carbons (Fsp3) is 0.417. The molecule has 2 rings (SSSR count). The van der Waals surface area contributed by atoms with Gasteiger partial charge in [-0.25, -0.2) is 0 Å². The largest absolute Gasteiger partial charge is 0.483 e. The first-order chi connectivity index (χ1) is 14.9. The highest BCUT2D eigenvalue weighted by atomic mass is 79.9. The molecule has 2 aromatic carbocycles. The lowest BCUT2D eigenvalue weighted by molar-refractivity contribution is -0.142. The van der Waals surface area contributed by atoms with E-state index in [1.165, 1.54) is 4.90 Å². The molecule has 0 heterocycles. The Kier molecular flexibility index (Phi) is 9.43. The third-order valence-corrected chi connectivity index (χ3v) is 6.12. The predicted molar refractivity (Wildman–Crippen MR) is 133 cm³/mol. The van der Waals surface area contributed by atoms with E-state index in [0.717, 1.165) is 22.0 Å². The van der Waals surface area contributed by atoms with Crippen molar-refractivity contribution in [3.8, 4) is 5.75 Å². The van der Waals surface area contributed by atoms with Crippen LogP contribution in [-0.2, 0) is 22.6 Å². The molecule has 0 radical (unpaired) electrons. The molecular weight excluding hydrogens is 515 g/mol. The highest BCUT2D eigenvalue weighted by Gasteiger charge is 2.29. The van der Waals surface area contributed by atoms with E-state index < -0.39 is 11.6 Å². The first kappa shape index (κ1) is 26.5. The summed E-state index contributed by atoms with van der Waals surface area (Å²) in [5, 5.41) is 3.74. The molecule has 0 aliphatic carbocycles. The molecule has 5 nitrogen and oxygen atoms in total. The second-order valence-corrected chi connectivity index (χ2v) is 10.3. The maximum Gasteiger partial charge on any atom is 0.261 e. The number of amides is 2. The lowest BCUT2D eigenvalue weighted by Crippen LogP contribution is -2.53. The molecular formula is C24H29BrCl2N2O3. The molecule has 0 aliphatic heterocycles. The molecule has 2 amide bonds. The zero-order valence-corrected chi connectivity index (χ0v) is 22.1. The van der Waals surface area contributed by atoms with E-state index in [1.807, 2.05) is 39.0 Å². The number of hydrogen-bond acceptors (Lipinski definition) is 3. The van der Waals surface area contributed by atoms with Gasteiger partial charge in [0.05, 0.1) is 14.5 Å². The van der Waals surface area contributed by atoms with Crippen molar-refractivity contribution in [1.82, 2.24) is 10.2 Å². The van der Waals surface area contributed by atoms with E-state index in [2.05, 4.69) is 28.2 Å². The molecule has 8 heteroatoms. The van der Waals surface area contributed by atoms with Crippen molar-refractivity contribution in [2.24, 2.45) is 0 Å².